The number of carbonyl (C=O) groups is 1. The molecule has 2 atom stereocenters. The van der Waals surface area contributed by atoms with Crippen molar-refractivity contribution in [1.82, 2.24) is 4.90 Å². The molecule has 0 saturated carbocycles. The highest BCUT2D eigenvalue weighted by Crippen LogP contribution is 2.31. The van der Waals surface area contributed by atoms with Gasteiger partial charge in [0, 0.05) is 41.4 Å². The van der Waals surface area contributed by atoms with Gasteiger partial charge in [0.25, 0.3) is 0 Å². The van der Waals surface area contributed by atoms with Gasteiger partial charge in [-0.3, -0.25) is 9.69 Å². The second-order valence-corrected chi connectivity index (χ2v) is 6.40. The molecular weight excluding hydrogens is 272 g/mol. The minimum absolute atomic E-state index is 0.418. The fourth-order valence-corrected chi connectivity index (χ4v) is 3.72. The van der Waals surface area contributed by atoms with Gasteiger partial charge in [0.2, 0.25) is 0 Å². The lowest BCUT2D eigenvalue weighted by molar-refractivity contribution is 0.111. The zero-order valence-corrected chi connectivity index (χ0v) is 12.6. The number of piperidine rings is 1. The first-order valence-corrected chi connectivity index (χ1v) is 7.82. The Balaban J connectivity index is 1.89. The number of nitrogens with zero attached hydrogens (tertiary/aromatic N) is 2. The predicted molar refractivity (Wildman–Crippen MR) is 82.9 cm³/mol. The zero-order chi connectivity index (χ0) is 14.1. The van der Waals surface area contributed by atoms with Gasteiger partial charge in [-0.05, 0) is 44.5 Å². The van der Waals surface area contributed by atoms with Gasteiger partial charge < -0.3 is 4.90 Å². The first-order chi connectivity index (χ1) is 9.69. The summed E-state index contributed by atoms with van der Waals surface area (Å²) in [5, 5.41) is 0.698. The van der Waals surface area contributed by atoms with Crippen molar-refractivity contribution in [2.45, 2.75) is 38.3 Å². The van der Waals surface area contributed by atoms with Gasteiger partial charge in [0.05, 0.1) is 0 Å². The number of carbonyl (C=O) groups excluding carboxylic acids is 1. The molecule has 0 radical (unpaired) electrons. The van der Waals surface area contributed by atoms with E-state index in [1.807, 2.05) is 12.1 Å². The summed E-state index contributed by atoms with van der Waals surface area (Å²) in [5.41, 5.74) is 1.73. The van der Waals surface area contributed by atoms with E-state index >= 15 is 0 Å². The fraction of sp³-hybridized carbons (Fsp3) is 0.562. The number of benzene rings is 1. The Bertz CT molecular complexity index is 505. The highest BCUT2D eigenvalue weighted by molar-refractivity contribution is 6.31. The van der Waals surface area contributed by atoms with Crippen molar-refractivity contribution in [2.24, 2.45) is 0 Å². The van der Waals surface area contributed by atoms with Crippen molar-refractivity contribution >= 4 is 23.6 Å². The highest BCUT2D eigenvalue weighted by atomic mass is 35.5. The van der Waals surface area contributed by atoms with Crippen molar-refractivity contribution in [3.63, 3.8) is 0 Å². The molecule has 0 amide bonds. The van der Waals surface area contributed by atoms with Crippen molar-refractivity contribution in [1.29, 1.82) is 0 Å². The highest BCUT2D eigenvalue weighted by Gasteiger charge is 2.33. The molecule has 1 aromatic carbocycles. The van der Waals surface area contributed by atoms with Gasteiger partial charge in [0.15, 0.2) is 6.29 Å². The summed E-state index contributed by atoms with van der Waals surface area (Å²) in [7, 11) is 0. The van der Waals surface area contributed by atoms with Crippen LogP contribution in [0.15, 0.2) is 18.2 Å². The molecule has 2 heterocycles. The molecule has 0 bridgehead atoms. The average molecular weight is 293 g/mol. The Morgan fingerprint density at radius 2 is 2.15 bits per heavy atom. The molecule has 2 aliphatic rings. The number of halogens is 1. The standard InChI is InChI=1S/C16H21ClN2O/c1-12-9-18-7-3-2-4-15(18)10-19(12)16-8-14(17)6-5-13(16)11-20/h5-6,8,11-12,15H,2-4,7,9-10H2,1H3. The summed E-state index contributed by atoms with van der Waals surface area (Å²) in [5.74, 6) is 0. The third-order valence-electron chi connectivity index (χ3n) is 4.62. The third-order valence-corrected chi connectivity index (χ3v) is 4.85. The van der Waals surface area contributed by atoms with Crippen LogP contribution in [0.2, 0.25) is 5.02 Å². The average Bonchev–Trinajstić information content (AvgIpc) is 2.46. The molecule has 0 N–H and O–H groups in total. The maximum atomic E-state index is 11.3. The molecule has 2 unspecified atom stereocenters. The minimum Gasteiger partial charge on any atom is -0.365 e. The maximum Gasteiger partial charge on any atom is 0.152 e. The molecule has 0 aromatic heterocycles. The van der Waals surface area contributed by atoms with Crippen molar-refractivity contribution < 1.29 is 4.79 Å². The van der Waals surface area contributed by atoms with Crippen LogP contribution in [0.3, 0.4) is 0 Å². The largest absolute Gasteiger partial charge is 0.365 e. The fourth-order valence-electron chi connectivity index (χ4n) is 3.55. The minimum atomic E-state index is 0.418. The summed E-state index contributed by atoms with van der Waals surface area (Å²) in [6, 6.07) is 6.58. The first kappa shape index (κ1) is 13.9. The smallest absolute Gasteiger partial charge is 0.152 e. The molecule has 3 rings (SSSR count). The predicted octanol–water partition coefficient (Wildman–Crippen LogP) is 3.22. The molecule has 2 aliphatic heterocycles. The SMILES string of the molecule is CC1CN2CCCCC2CN1c1cc(Cl)ccc1C=O. The normalized spacial score (nSPS) is 27.2. The summed E-state index contributed by atoms with van der Waals surface area (Å²) in [4.78, 5) is 16.3. The van der Waals surface area contributed by atoms with Crippen LogP contribution in [-0.4, -0.2) is 42.9 Å². The zero-order valence-electron chi connectivity index (χ0n) is 11.9. The summed E-state index contributed by atoms with van der Waals surface area (Å²) >= 11 is 6.13. The van der Waals surface area contributed by atoms with Gasteiger partial charge in [-0.2, -0.15) is 0 Å². The van der Waals surface area contributed by atoms with Gasteiger partial charge >= 0.3 is 0 Å². The van der Waals surface area contributed by atoms with Crippen molar-refractivity contribution in [3.8, 4) is 0 Å². The van der Waals surface area contributed by atoms with Crippen molar-refractivity contribution in [2.75, 3.05) is 24.5 Å². The number of rotatable bonds is 2. The molecule has 4 heteroatoms. The number of hydrogen-bond donors (Lipinski definition) is 0. The van der Waals surface area contributed by atoms with Crippen LogP contribution >= 0.6 is 11.6 Å². The number of anilines is 1. The number of piperazine rings is 1. The summed E-state index contributed by atoms with van der Waals surface area (Å²) in [6.07, 6.45) is 4.84. The van der Waals surface area contributed by atoms with Gasteiger partial charge in [-0.25, -0.2) is 0 Å². The molecule has 108 valence electrons. The topological polar surface area (TPSA) is 23.6 Å². The van der Waals surface area contributed by atoms with Crippen LogP contribution in [0.5, 0.6) is 0 Å². The Labute approximate surface area is 125 Å². The number of fused-ring (bicyclic) bond motifs is 1. The van der Waals surface area contributed by atoms with E-state index in [0.29, 0.717) is 17.1 Å². The van der Waals surface area contributed by atoms with E-state index in [0.717, 1.165) is 30.6 Å². The second kappa shape index (κ2) is 5.74. The van der Waals surface area contributed by atoms with E-state index in [1.54, 1.807) is 6.07 Å². The van der Waals surface area contributed by atoms with E-state index in [9.17, 15) is 4.79 Å². The van der Waals surface area contributed by atoms with Crippen LogP contribution in [-0.2, 0) is 0 Å². The molecule has 0 aliphatic carbocycles. The van der Waals surface area contributed by atoms with Crippen LogP contribution in [0.25, 0.3) is 0 Å². The van der Waals surface area contributed by atoms with Gasteiger partial charge in [0.1, 0.15) is 0 Å². The second-order valence-electron chi connectivity index (χ2n) is 5.97. The lowest BCUT2D eigenvalue weighted by atomic mass is 9.96. The number of aldehydes is 1. The third kappa shape index (κ3) is 2.57. The van der Waals surface area contributed by atoms with Gasteiger partial charge in [-0.1, -0.05) is 18.0 Å². The van der Waals surface area contributed by atoms with Crippen LogP contribution in [0, 0.1) is 0 Å². The number of hydrogen-bond acceptors (Lipinski definition) is 3. The van der Waals surface area contributed by atoms with E-state index in [4.69, 9.17) is 11.6 Å². The molecule has 0 spiro atoms. The van der Waals surface area contributed by atoms with E-state index in [-0.39, 0.29) is 0 Å². The first-order valence-electron chi connectivity index (χ1n) is 7.44. The summed E-state index contributed by atoms with van der Waals surface area (Å²) in [6.45, 7) is 5.54. The summed E-state index contributed by atoms with van der Waals surface area (Å²) < 4.78 is 0. The molecule has 1 aromatic rings. The Hall–Kier alpha value is -1.06. The van der Waals surface area contributed by atoms with E-state index in [2.05, 4.69) is 16.7 Å². The monoisotopic (exact) mass is 292 g/mol. The van der Waals surface area contributed by atoms with E-state index < -0.39 is 0 Å². The maximum absolute atomic E-state index is 11.3. The lowest BCUT2D eigenvalue weighted by Crippen LogP contribution is -2.59. The van der Waals surface area contributed by atoms with Crippen molar-refractivity contribution in [3.05, 3.63) is 28.8 Å². The Kier molecular flexibility index (Phi) is 3.99. The molecule has 20 heavy (non-hydrogen) atoms. The molecule has 3 nitrogen and oxygen atoms in total. The van der Waals surface area contributed by atoms with E-state index in [1.165, 1.54) is 25.8 Å². The molecular formula is C16H21ClN2O. The van der Waals surface area contributed by atoms with Crippen LogP contribution < -0.4 is 4.90 Å². The molecule has 2 fully saturated rings. The Morgan fingerprint density at radius 3 is 2.95 bits per heavy atom. The quantitative estimate of drug-likeness (QED) is 0.782. The van der Waals surface area contributed by atoms with Crippen LogP contribution in [0.1, 0.15) is 36.5 Å². The van der Waals surface area contributed by atoms with Crippen LogP contribution in [0.4, 0.5) is 5.69 Å². The Morgan fingerprint density at radius 1 is 1.30 bits per heavy atom. The van der Waals surface area contributed by atoms with Gasteiger partial charge in [-0.15, -0.1) is 0 Å². The molecule has 2 saturated heterocycles. The lowest BCUT2D eigenvalue weighted by Gasteiger charge is -2.48.